The van der Waals surface area contributed by atoms with Crippen molar-refractivity contribution in [3.05, 3.63) is 95.6 Å². The van der Waals surface area contributed by atoms with E-state index in [0.717, 1.165) is 27.8 Å². The number of carboxylic acid groups (broad SMARTS) is 1. The van der Waals surface area contributed by atoms with Gasteiger partial charge in [0.1, 0.15) is 12.1 Å². The molecule has 3 aromatic carbocycles. The lowest BCUT2D eigenvalue weighted by Crippen LogP contribution is -2.55. The second kappa shape index (κ2) is 15.8. The van der Waals surface area contributed by atoms with Crippen molar-refractivity contribution in [1.29, 1.82) is 0 Å². The lowest BCUT2D eigenvalue weighted by Gasteiger charge is -2.24. The normalized spacial score (nSPS) is 14.0. The third-order valence-electron chi connectivity index (χ3n) is 7.95. The molecule has 4 rings (SSSR count). The number of nitrogens with two attached hydrogens (primary N) is 1. The minimum atomic E-state index is -1.17. The van der Waals surface area contributed by atoms with Crippen LogP contribution in [0.4, 0.5) is 0 Å². The van der Waals surface area contributed by atoms with Crippen LogP contribution in [0.3, 0.4) is 0 Å². The van der Waals surface area contributed by atoms with Gasteiger partial charge in [-0.15, -0.1) is 0 Å². The average Bonchev–Trinajstić information content (AvgIpc) is 3.34. The van der Waals surface area contributed by atoms with Crippen molar-refractivity contribution < 1.29 is 29.1 Å². The van der Waals surface area contributed by atoms with Crippen LogP contribution in [0, 0.1) is 5.92 Å². The van der Waals surface area contributed by atoms with Gasteiger partial charge >= 0.3 is 5.97 Å². The first kappa shape index (κ1) is 33.9. The van der Waals surface area contributed by atoms with E-state index in [1.54, 1.807) is 24.3 Å². The molecule has 7 N–H and O–H groups in total. The predicted molar refractivity (Wildman–Crippen MR) is 173 cm³/mol. The van der Waals surface area contributed by atoms with E-state index in [9.17, 15) is 29.1 Å². The molecule has 0 aliphatic heterocycles. The maximum Gasteiger partial charge on any atom is 0.305 e. The van der Waals surface area contributed by atoms with E-state index in [1.165, 1.54) is 0 Å². The topological polar surface area (TPSA) is 180 Å². The summed E-state index contributed by atoms with van der Waals surface area (Å²) in [6.45, 7) is 3.63. The minimum absolute atomic E-state index is 0.0977. The molecule has 0 radical (unpaired) electrons. The standard InChI is InChI=1S/C35H41N5O6/c1-21(2)16-28(33(36)44)39-31(41)20-38-34(45)30(17-22-10-4-3-5-11-22)40-35(46)29(18-32(42)43)37-19-27-25-14-8-6-12-23(25)24-13-7-9-15-26(24)27/h3-15,21,27-30,37H,16-20H2,1-2H3,(H2,36,44)(H,38,45)(H,39,41)(H,40,46)(H,42,43)/t28-,29-,30-/m0/s1. The van der Waals surface area contributed by atoms with Crippen LogP contribution in [0.15, 0.2) is 78.9 Å². The first-order valence-corrected chi connectivity index (χ1v) is 15.4. The third-order valence-corrected chi connectivity index (χ3v) is 7.95. The molecular formula is C35H41N5O6. The third kappa shape index (κ3) is 9.01. The van der Waals surface area contributed by atoms with Gasteiger partial charge in [0.05, 0.1) is 19.0 Å². The zero-order valence-corrected chi connectivity index (χ0v) is 26.0. The first-order valence-electron chi connectivity index (χ1n) is 15.4. The van der Waals surface area contributed by atoms with E-state index >= 15 is 0 Å². The predicted octanol–water partition coefficient (Wildman–Crippen LogP) is 2.09. The second-order valence-corrected chi connectivity index (χ2v) is 11.9. The van der Waals surface area contributed by atoms with Crippen molar-refractivity contribution in [2.45, 2.75) is 57.2 Å². The van der Waals surface area contributed by atoms with Gasteiger partial charge in [-0.2, -0.15) is 0 Å². The zero-order valence-electron chi connectivity index (χ0n) is 26.0. The van der Waals surface area contributed by atoms with E-state index in [-0.39, 0.29) is 18.3 Å². The summed E-state index contributed by atoms with van der Waals surface area (Å²) in [5.74, 6) is -3.75. The van der Waals surface area contributed by atoms with Gasteiger partial charge in [0, 0.05) is 18.9 Å². The number of aliphatic carboxylic acids is 1. The Kier molecular flexibility index (Phi) is 11.6. The summed E-state index contributed by atoms with van der Waals surface area (Å²) in [6.07, 6.45) is -0.0630. The van der Waals surface area contributed by atoms with Gasteiger partial charge in [-0.05, 0) is 40.2 Å². The molecule has 1 aliphatic carbocycles. The first-order chi connectivity index (χ1) is 22.0. The summed E-state index contributed by atoms with van der Waals surface area (Å²) in [6, 6.07) is 21.8. The van der Waals surface area contributed by atoms with Crippen LogP contribution in [0.2, 0.25) is 0 Å². The largest absolute Gasteiger partial charge is 0.481 e. The van der Waals surface area contributed by atoms with Crippen molar-refractivity contribution in [1.82, 2.24) is 21.3 Å². The molecule has 3 aromatic rings. The van der Waals surface area contributed by atoms with E-state index < -0.39 is 60.7 Å². The number of amides is 4. The number of fused-ring (bicyclic) bond motifs is 3. The molecule has 1 aliphatic rings. The van der Waals surface area contributed by atoms with Gasteiger partial charge in [-0.1, -0.05) is 92.7 Å². The van der Waals surface area contributed by atoms with Crippen LogP contribution in [-0.4, -0.2) is 65.9 Å². The van der Waals surface area contributed by atoms with E-state index in [2.05, 4.69) is 21.3 Å². The highest BCUT2D eigenvalue weighted by atomic mass is 16.4. The fourth-order valence-corrected chi connectivity index (χ4v) is 5.76. The van der Waals surface area contributed by atoms with Crippen LogP contribution in [-0.2, 0) is 30.4 Å². The molecule has 3 atom stereocenters. The monoisotopic (exact) mass is 627 g/mol. The molecule has 11 nitrogen and oxygen atoms in total. The smallest absolute Gasteiger partial charge is 0.305 e. The molecule has 0 unspecified atom stereocenters. The maximum absolute atomic E-state index is 13.6. The molecule has 0 bridgehead atoms. The summed E-state index contributed by atoms with van der Waals surface area (Å²) >= 11 is 0. The SMILES string of the molecule is CC(C)C[C@H](NC(=O)CNC(=O)[C@H](Cc1ccccc1)NC(=O)[C@H](CC(=O)O)NCC1c2ccccc2-c2ccccc21)C(N)=O. The number of benzene rings is 3. The number of primary amides is 1. The molecule has 0 saturated heterocycles. The molecule has 4 amide bonds. The Labute approximate surface area is 268 Å². The Hall–Kier alpha value is -5.03. The van der Waals surface area contributed by atoms with Gasteiger partial charge in [0.2, 0.25) is 23.6 Å². The van der Waals surface area contributed by atoms with Crippen LogP contribution >= 0.6 is 0 Å². The van der Waals surface area contributed by atoms with Crippen LogP contribution < -0.4 is 27.0 Å². The lowest BCUT2D eigenvalue weighted by atomic mass is 9.96. The molecule has 11 heteroatoms. The van der Waals surface area contributed by atoms with Gasteiger partial charge in [0.25, 0.3) is 0 Å². The zero-order chi connectivity index (χ0) is 33.2. The molecule has 0 aromatic heterocycles. The van der Waals surface area contributed by atoms with Crippen molar-refractivity contribution in [3.63, 3.8) is 0 Å². The maximum atomic E-state index is 13.6. The number of carboxylic acids is 1. The highest BCUT2D eigenvalue weighted by Gasteiger charge is 2.32. The van der Waals surface area contributed by atoms with Crippen LogP contribution in [0.1, 0.15) is 49.3 Å². The van der Waals surface area contributed by atoms with Gasteiger partial charge < -0.3 is 32.1 Å². The Morgan fingerprint density at radius 1 is 0.761 bits per heavy atom. The molecule has 0 spiro atoms. The second-order valence-electron chi connectivity index (χ2n) is 11.9. The quantitative estimate of drug-likeness (QED) is 0.141. The summed E-state index contributed by atoms with van der Waals surface area (Å²) in [7, 11) is 0. The van der Waals surface area contributed by atoms with E-state index in [0.29, 0.717) is 13.0 Å². The Bertz CT molecular complexity index is 1510. The summed E-state index contributed by atoms with van der Waals surface area (Å²) in [5.41, 5.74) is 10.5. The molecule has 46 heavy (non-hydrogen) atoms. The Morgan fingerprint density at radius 2 is 1.35 bits per heavy atom. The molecule has 0 heterocycles. The van der Waals surface area contributed by atoms with Crippen LogP contribution in [0.5, 0.6) is 0 Å². The molecule has 242 valence electrons. The fourth-order valence-electron chi connectivity index (χ4n) is 5.76. The molecule has 0 saturated carbocycles. The lowest BCUT2D eigenvalue weighted by molar-refractivity contribution is -0.140. The van der Waals surface area contributed by atoms with Gasteiger partial charge in [-0.25, -0.2) is 0 Å². The summed E-state index contributed by atoms with van der Waals surface area (Å²) in [5, 5.41) is 20.6. The molecular weight excluding hydrogens is 586 g/mol. The number of carbonyl (C=O) groups is 5. The number of carbonyl (C=O) groups excluding carboxylic acids is 4. The minimum Gasteiger partial charge on any atom is -0.481 e. The Balaban J connectivity index is 1.46. The Morgan fingerprint density at radius 3 is 1.91 bits per heavy atom. The van der Waals surface area contributed by atoms with Crippen molar-refractivity contribution in [3.8, 4) is 11.1 Å². The van der Waals surface area contributed by atoms with Crippen LogP contribution in [0.25, 0.3) is 11.1 Å². The van der Waals surface area contributed by atoms with E-state index in [4.69, 9.17) is 5.73 Å². The molecule has 0 fully saturated rings. The average molecular weight is 628 g/mol. The number of hydrogen-bond donors (Lipinski definition) is 6. The van der Waals surface area contributed by atoms with Crippen molar-refractivity contribution in [2.24, 2.45) is 11.7 Å². The fraction of sp³-hybridized carbons (Fsp3) is 0.343. The van der Waals surface area contributed by atoms with Gasteiger partial charge in [-0.3, -0.25) is 24.0 Å². The summed E-state index contributed by atoms with van der Waals surface area (Å²) in [4.78, 5) is 63.1. The number of rotatable bonds is 16. The highest BCUT2D eigenvalue weighted by Crippen LogP contribution is 2.44. The number of nitrogens with one attached hydrogen (secondary N) is 4. The van der Waals surface area contributed by atoms with E-state index in [1.807, 2.05) is 68.4 Å². The van der Waals surface area contributed by atoms with Crippen molar-refractivity contribution >= 4 is 29.6 Å². The number of hydrogen-bond acceptors (Lipinski definition) is 6. The highest BCUT2D eigenvalue weighted by molar-refractivity contribution is 5.94. The summed E-state index contributed by atoms with van der Waals surface area (Å²) < 4.78 is 0. The van der Waals surface area contributed by atoms with Gasteiger partial charge in [0.15, 0.2) is 0 Å². The van der Waals surface area contributed by atoms with Crippen molar-refractivity contribution in [2.75, 3.05) is 13.1 Å².